The van der Waals surface area contributed by atoms with Crippen molar-refractivity contribution in [3.8, 4) is 5.75 Å². The fraction of sp³-hybridized carbons (Fsp3) is 0.364. The van der Waals surface area contributed by atoms with E-state index in [-0.39, 0.29) is 11.8 Å². The van der Waals surface area contributed by atoms with Gasteiger partial charge in [-0.25, -0.2) is 9.18 Å². The van der Waals surface area contributed by atoms with Crippen LogP contribution in [0.1, 0.15) is 18.0 Å². The number of hydrogen-bond donors (Lipinski definition) is 1. The van der Waals surface area contributed by atoms with Gasteiger partial charge in [0.05, 0.1) is 19.8 Å². The van der Waals surface area contributed by atoms with Crippen LogP contribution in [0.25, 0.3) is 0 Å². The van der Waals surface area contributed by atoms with Crippen molar-refractivity contribution in [1.82, 2.24) is 5.32 Å². The van der Waals surface area contributed by atoms with E-state index in [1.54, 1.807) is 12.1 Å². The molecule has 0 aliphatic carbocycles. The van der Waals surface area contributed by atoms with Gasteiger partial charge in [0, 0.05) is 6.42 Å². The van der Waals surface area contributed by atoms with Gasteiger partial charge in [-0.2, -0.15) is 0 Å². The second-order valence-corrected chi connectivity index (χ2v) is 3.52. The molecule has 1 fully saturated rings. The van der Waals surface area contributed by atoms with E-state index in [1.165, 1.54) is 13.2 Å². The zero-order valence-electron chi connectivity index (χ0n) is 8.83. The minimum Gasteiger partial charge on any atom is -0.494 e. The Kier molecular flexibility index (Phi) is 2.94. The van der Waals surface area contributed by atoms with Crippen molar-refractivity contribution in [2.75, 3.05) is 13.7 Å². The highest BCUT2D eigenvalue weighted by Crippen LogP contribution is 2.25. The van der Waals surface area contributed by atoms with Crippen LogP contribution in [0.4, 0.5) is 9.18 Å². The van der Waals surface area contributed by atoms with E-state index in [0.717, 1.165) is 5.56 Å². The molecule has 86 valence electrons. The average Bonchev–Trinajstić information content (AvgIpc) is 2.29. The SMILES string of the molecule is COc1cc([C@@H]2CCOC(=O)N2)ccc1F. The van der Waals surface area contributed by atoms with Gasteiger partial charge in [0.25, 0.3) is 0 Å². The van der Waals surface area contributed by atoms with E-state index in [0.29, 0.717) is 13.0 Å². The maximum absolute atomic E-state index is 13.2. The smallest absolute Gasteiger partial charge is 0.407 e. The highest BCUT2D eigenvalue weighted by molar-refractivity contribution is 5.68. The van der Waals surface area contributed by atoms with Gasteiger partial charge in [-0.3, -0.25) is 0 Å². The van der Waals surface area contributed by atoms with Crippen molar-refractivity contribution in [2.24, 2.45) is 0 Å². The third kappa shape index (κ3) is 2.08. The molecular formula is C11H12FNO3. The Morgan fingerprint density at radius 1 is 1.56 bits per heavy atom. The molecule has 1 aromatic carbocycles. The summed E-state index contributed by atoms with van der Waals surface area (Å²) in [5.41, 5.74) is 0.815. The molecule has 1 aliphatic rings. The zero-order valence-corrected chi connectivity index (χ0v) is 8.83. The van der Waals surface area contributed by atoms with E-state index in [9.17, 15) is 9.18 Å². The maximum Gasteiger partial charge on any atom is 0.407 e. The zero-order chi connectivity index (χ0) is 11.5. The number of ether oxygens (including phenoxy) is 2. The lowest BCUT2D eigenvalue weighted by Gasteiger charge is -2.23. The summed E-state index contributed by atoms with van der Waals surface area (Å²) in [5, 5.41) is 2.66. The first-order valence-corrected chi connectivity index (χ1v) is 4.97. The minimum absolute atomic E-state index is 0.143. The van der Waals surface area contributed by atoms with Crippen molar-refractivity contribution in [1.29, 1.82) is 0 Å². The van der Waals surface area contributed by atoms with Gasteiger partial charge in [-0.1, -0.05) is 6.07 Å². The van der Waals surface area contributed by atoms with E-state index in [4.69, 9.17) is 9.47 Å². The standard InChI is InChI=1S/C11H12FNO3/c1-15-10-6-7(2-3-8(10)12)9-4-5-16-11(14)13-9/h2-3,6,9H,4-5H2,1H3,(H,13,14)/t9-/m0/s1. The molecule has 1 aromatic rings. The number of amides is 1. The summed E-state index contributed by atoms with van der Waals surface area (Å²) >= 11 is 0. The molecule has 1 saturated heterocycles. The number of rotatable bonds is 2. The summed E-state index contributed by atoms with van der Waals surface area (Å²) in [6.07, 6.45) is 0.222. The van der Waals surface area contributed by atoms with Crippen LogP contribution >= 0.6 is 0 Å². The van der Waals surface area contributed by atoms with Crippen LogP contribution in [-0.4, -0.2) is 19.8 Å². The maximum atomic E-state index is 13.2. The summed E-state index contributed by atoms with van der Waals surface area (Å²) < 4.78 is 22.8. The number of hydrogen-bond acceptors (Lipinski definition) is 3. The van der Waals surface area contributed by atoms with Crippen molar-refractivity contribution >= 4 is 6.09 Å². The van der Waals surface area contributed by atoms with Crippen LogP contribution in [0.15, 0.2) is 18.2 Å². The highest BCUT2D eigenvalue weighted by atomic mass is 19.1. The van der Waals surface area contributed by atoms with Crippen LogP contribution in [0.3, 0.4) is 0 Å². The topological polar surface area (TPSA) is 47.6 Å². The van der Waals surface area contributed by atoms with Crippen molar-refractivity contribution in [3.63, 3.8) is 0 Å². The van der Waals surface area contributed by atoms with Crippen LogP contribution in [0, 0.1) is 5.82 Å². The molecule has 0 aromatic heterocycles. The highest BCUT2D eigenvalue weighted by Gasteiger charge is 2.21. The molecule has 0 radical (unpaired) electrons. The molecule has 1 atom stereocenters. The number of nitrogens with one attached hydrogen (secondary N) is 1. The molecular weight excluding hydrogens is 213 g/mol. The van der Waals surface area contributed by atoms with E-state index >= 15 is 0 Å². The van der Waals surface area contributed by atoms with Gasteiger partial charge in [-0.15, -0.1) is 0 Å². The fourth-order valence-corrected chi connectivity index (χ4v) is 1.67. The number of carbonyl (C=O) groups excluding carboxylic acids is 1. The molecule has 16 heavy (non-hydrogen) atoms. The van der Waals surface area contributed by atoms with Gasteiger partial charge >= 0.3 is 6.09 Å². The molecule has 0 spiro atoms. The number of carbonyl (C=O) groups is 1. The molecule has 1 amide bonds. The number of cyclic esters (lactones) is 1. The van der Waals surface area contributed by atoms with Gasteiger partial charge in [0.2, 0.25) is 0 Å². The summed E-state index contributed by atoms with van der Waals surface area (Å²) in [6.45, 7) is 0.371. The first kappa shape index (κ1) is 10.7. The Bertz CT molecular complexity index is 408. The molecule has 2 rings (SSSR count). The molecule has 5 heteroatoms. The third-order valence-corrected chi connectivity index (χ3v) is 2.51. The van der Waals surface area contributed by atoms with Crippen LogP contribution in [0.2, 0.25) is 0 Å². The van der Waals surface area contributed by atoms with Crippen LogP contribution in [0.5, 0.6) is 5.75 Å². The first-order valence-electron chi connectivity index (χ1n) is 4.97. The molecule has 1 aliphatic heterocycles. The van der Waals surface area contributed by atoms with Gasteiger partial charge in [0.1, 0.15) is 0 Å². The molecule has 4 nitrogen and oxygen atoms in total. The number of methoxy groups -OCH3 is 1. The summed E-state index contributed by atoms with van der Waals surface area (Å²) in [6, 6.07) is 4.41. The molecule has 0 unspecified atom stereocenters. The Balaban J connectivity index is 2.22. The lowest BCUT2D eigenvalue weighted by atomic mass is 10.0. The quantitative estimate of drug-likeness (QED) is 0.837. The van der Waals surface area contributed by atoms with Crippen LogP contribution < -0.4 is 10.1 Å². The predicted molar refractivity (Wildman–Crippen MR) is 54.8 cm³/mol. The number of halogens is 1. The Hall–Kier alpha value is -1.78. The predicted octanol–water partition coefficient (Wildman–Crippen LogP) is 2.01. The van der Waals surface area contributed by atoms with Gasteiger partial charge < -0.3 is 14.8 Å². The fourth-order valence-electron chi connectivity index (χ4n) is 1.67. The summed E-state index contributed by atoms with van der Waals surface area (Å²) in [5.74, 6) is -0.233. The largest absolute Gasteiger partial charge is 0.494 e. The second kappa shape index (κ2) is 4.38. The van der Waals surface area contributed by atoms with E-state index in [1.807, 2.05) is 0 Å². The molecule has 0 bridgehead atoms. The first-order chi connectivity index (χ1) is 7.70. The lowest BCUT2D eigenvalue weighted by Crippen LogP contribution is -2.35. The normalized spacial score (nSPS) is 19.9. The average molecular weight is 225 g/mol. The molecule has 0 saturated carbocycles. The van der Waals surface area contributed by atoms with Crippen molar-refractivity contribution in [2.45, 2.75) is 12.5 Å². The Morgan fingerprint density at radius 2 is 2.38 bits per heavy atom. The molecule has 1 heterocycles. The Morgan fingerprint density at radius 3 is 3.06 bits per heavy atom. The number of benzene rings is 1. The minimum atomic E-state index is -0.445. The lowest BCUT2D eigenvalue weighted by molar-refractivity contribution is 0.115. The van der Waals surface area contributed by atoms with E-state index in [2.05, 4.69) is 5.32 Å². The van der Waals surface area contributed by atoms with Crippen molar-refractivity contribution < 1.29 is 18.7 Å². The van der Waals surface area contributed by atoms with Gasteiger partial charge in [-0.05, 0) is 17.7 Å². The number of alkyl carbamates (subject to hydrolysis) is 1. The molecule has 1 N–H and O–H groups in total. The third-order valence-electron chi connectivity index (χ3n) is 2.51. The van der Waals surface area contributed by atoms with Crippen LogP contribution in [-0.2, 0) is 4.74 Å². The van der Waals surface area contributed by atoms with Crippen molar-refractivity contribution in [3.05, 3.63) is 29.6 Å². The summed E-state index contributed by atoms with van der Waals surface area (Å²) in [4.78, 5) is 11.0. The van der Waals surface area contributed by atoms with E-state index < -0.39 is 11.9 Å². The van der Waals surface area contributed by atoms with Gasteiger partial charge in [0.15, 0.2) is 11.6 Å². The summed E-state index contributed by atoms with van der Waals surface area (Å²) in [7, 11) is 1.41. The monoisotopic (exact) mass is 225 g/mol. The second-order valence-electron chi connectivity index (χ2n) is 3.52. The Labute approximate surface area is 92.4 Å².